The Morgan fingerprint density at radius 1 is 1.12 bits per heavy atom. The molecule has 0 aliphatic carbocycles. The maximum atomic E-state index is 13.1. The molecule has 2 heterocycles. The molecule has 24 heavy (non-hydrogen) atoms. The maximum absolute atomic E-state index is 13.1. The first kappa shape index (κ1) is 16.0. The van der Waals surface area contributed by atoms with Gasteiger partial charge in [-0.1, -0.05) is 18.2 Å². The number of para-hydroxylation sites is 1. The van der Waals surface area contributed by atoms with Crippen molar-refractivity contribution in [1.82, 2.24) is 9.38 Å². The van der Waals surface area contributed by atoms with Crippen LogP contribution in [0.2, 0.25) is 0 Å². The topological polar surface area (TPSA) is 46.4 Å². The van der Waals surface area contributed by atoms with Crippen molar-refractivity contribution in [2.24, 2.45) is 0 Å². The summed E-state index contributed by atoms with van der Waals surface area (Å²) < 4.78 is 40.8. The van der Waals surface area contributed by atoms with Gasteiger partial charge in [0.05, 0.1) is 16.9 Å². The number of halogens is 3. The number of fused-ring (bicyclic) bond motifs is 1. The van der Waals surface area contributed by atoms with Gasteiger partial charge in [-0.25, -0.2) is 4.98 Å². The van der Waals surface area contributed by atoms with Gasteiger partial charge in [0.15, 0.2) is 0 Å². The number of nitrogens with one attached hydrogen (secondary N) is 1. The Hall–Kier alpha value is -2.83. The van der Waals surface area contributed by atoms with E-state index in [1.165, 1.54) is 18.2 Å². The Morgan fingerprint density at radius 2 is 1.83 bits per heavy atom. The highest BCUT2D eigenvalue weighted by Gasteiger charge is 2.34. The molecular formula is C17H14F3N3O. The molecule has 3 aromatic rings. The molecular weight excluding hydrogens is 319 g/mol. The minimum absolute atomic E-state index is 0.214. The molecule has 0 saturated carbocycles. The van der Waals surface area contributed by atoms with Crippen molar-refractivity contribution < 1.29 is 18.0 Å². The lowest BCUT2D eigenvalue weighted by atomic mass is 10.1. The minimum Gasteiger partial charge on any atom is -0.320 e. The summed E-state index contributed by atoms with van der Waals surface area (Å²) in [5, 5.41) is 2.35. The number of rotatable bonds is 2. The molecule has 1 N–H and O–H groups in total. The summed E-state index contributed by atoms with van der Waals surface area (Å²) in [5.74, 6) is -0.637. The molecule has 0 bridgehead atoms. The number of alkyl halides is 3. The van der Waals surface area contributed by atoms with Gasteiger partial charge >= 0.3 is 6.18 Å². The molecule has 1 amide bonds. The molecule has 1 aromatic carbocycles. The normalized spacial score (nSPS) is 11.7. The lowest BCUT2D eigenvalue weighted by molar-refractivity contribution is -0.136. The number of nitrogens with zero attached hydrogens (tertiary/aromatic N) is 2. The fraction of sp³-hybridized carbons (Fsp3) is 0.176. The van der Waals surface area contributed by atoms with Crippen LogP contribution in [0.4, 0.5) is 18.9 Å². The smallest absolute Gasteiger partial charge is 0.320 e. The second-order valence-electron chi connectivity index (χ2n) is 5.48. The third kappa shape index (κ3) is 2.84. The number of hydrogen-bond donors (Lipinski definition) is 1. The van der Waals surface area contributed by atoms with Crippen molar-refractivity contribution in [3.05, 3.63) is 65.1 Å². The van der Waals surface area contributed by atoms with Crippen LogP contribution in [0.1, 0.15) is 27.3 Å². The van der Waals surface area contributed by atoms with Crippen molar-refractivity contribution in [3.8, 4) is 0 Å². The summed E-state index contributed by atoms with van der Waals surface area (Å²) in [6, 6.07) is 8.48. The number of imidazole rings is 1. The van der Waals surface area contributed by atoms with E-state index < -0.39 is 17.6 Å². The molecule has 0 fully saturated rings. The SMILES string of the molecule is Cc1ccc2nc(C)c(C(=O)Nc3ccccc3C(F)(F)F)n2c1. The number of hydrogen-bond acceptors (Lipinski definition) is 2. The lowest BCUT2D eigenvalue weighted by Crippen LogP contribution is -2.19. The zero-order valence-corrected chi connectivity index (χ0v) is 13.0. The highest BCUT2D eigenvalue weighted by molar-refractivity contribution is 6.04. The second kappa shape index (κ2) is 5.67. The standard InChI is InChI=1S/C17H14F3N3O/c1-10-7-8-14-21-11(2)15(23(14)9-10)16(24)22-13-6-4-3-5-12(13)17(18,19)20/h3-9H,1-2H3,(H,22,24). The van der Waals surface area contributed by atoms with E-state index in [2.05, 4.69) is 10.3 Å². The number of benzene rings is 1. The summed E-state index contributed by atoms with van der Waals surface area (Å²) in [4.78, 5) is 16.8. The molecule has 0 aliphatic rings. The fourth-order valence-corrected chi connectivity index (χ4v) is 2.56. The second-order valence-corrected chi connectivity index (χ2v) is 5.48. The Balaban J connectivity index is 2.03. The van der Waals surface area contributed by atoms with E-state index in [0.717, 1.165) is 11.6 Å². The Morgan fingerprint density at radius 3 is 2.54 bits per heavy atom. The van der Waals surface area contributed by atoms with E-state index in [-0.39, 0.29) is 11.4 Å². The van der Waals surface area contributed by atoms with E-state index >= 15 is 0 Å². The predicted molar refractivity (Wildman–Crippen MR) is 84.1 cm³/mol. The van der Waals surface area contributed by atoms with Crippen molar-refractivity contribution in [1.29, 1.82) is 0 Å². The van der Waals surface area contributed by atoms with E-state index in [1.807, 2.05) is 13.0 Å². The number of carbonyl (C=O) groups excluding carboxylic acids is 1. The first-order chi connectivity index (χ1) is 11.3. The zero-order valence-electron chi connectivity index (χ0n) is 13.0. The summed E-state index contributed by atoms with van der Waals surface area (Å²) in [7, 11) is 0. The third-order valence-corrected chi connectivity index (χ3v) is 3.64. The van der Waals surface area contributed by atoms with Gasteiger partial charge < -0.3 is 5.32 Å². The van der Waals surface area contributed by atoms with Gasteiger partial charge in [0.25, 0.3) is 5.91 Å². The highest BCUT2D eigenvalue weighted by Crippen LogP contribution is 2.34. The van der Waals surface area contributed by atoms with Crippen LogP contribution in [0, 0.1) is 13.8 Å². The van der Waals surface area contributed by atoms with Gasteiger partial charge in [0.1, 0.15) is 11.3 Å². The van der Waals surface area contributed by atoms with Crippen LogP contribution in [0.25, 0.3) is 5.65 Å². The number of carbonyl (C=O) groups is 1. The number of anilines is 1. The molecule has 0 atom stereocenters. The van der Waals surface area contributed by atoms with Gasteiger partial charge in [-0.05, 0) is 37.6 Å². The van der Waals surface area contributed by atoms with Gasteiger partial charge in [-0.2, -0.15) is 13.2 Å². The Kier molecular flexibility index (Phi) is 3.79. The van der Waals surface area contributed by atoms with Crippen LogP contribution in [-0.2, 0) is 6.18 Å². The van der Waals surface area contributed by atoms with Gasteiger partial charge in [0.2, 0.25) is 0 Å². The van der Waals surface area contributed by atoms with E-state index in [1.54, 1.807) is 23.6 Å². The van der Waals surface area contributed by atoms with Crippen LogP contribution in [0.15, 0.2) is 42.6 Å². The van der Waals surface area contributed by atoms with E-state index in [9.17, 15) is 18.0 Å². The average Bonchev–Trinajstić information content (AvgIpc) is 2.82. The Bertz CT molecular complexity index is 928. The number of pyridine rings is 1. The zero-order chi connectivity index (χ0) is 17.5. The van der Waals surface area contributed by atoms with Crippen molar-refractivity contribution in [2.75, 3.05) is 5.32 Å². The first-order valence-corrected chi connectivity index (χ1v) is 7.20. The van der Waals surface area contributed by atoms with Crippen molar-refractivity contribution >= 4 is 17.2 Å². The Labute approximate surface area is 135 Å². The first-order valence-electron chi connectivity index (χ1n) is 7.20. The van der Waals surface area contributed by atoms with Gasteiger partial charge in [-0.3, -0.25) is 9.20 Å². The van der Waals surface area contributed by atoms with Crippen LogP contribution < -0.4 is 5.32 Å². The van der Waals surface area contributed by atoms with Crippen molar-refractivity contribution in [2.45, 2.75) is 20.0 Å². The number of aryl methyl sites for hydroxylation is 2. The molecule has 0 unspecified atom stereocenters. The van der Waals surface area contributed by atoms with Crippen LogP contribution in [-0.4, -0.2) is 15.3 Å². The molecule has 2 aromatic heterocycles. The molecule has 124 valence electrons. The lowest BCUT2D eigenvalue weighted by Gasteiger charge is -2.13. The fourth-order valence-electron chi connectivity index (χ4n) is 2.56. The quantitative estimate of drug-likeness (QED) is 0.763. The van der Waals surface area contributed by atoms with Crippen LogP contribution in [0.3, 0.4) is 0 Å². The molecule has 4 nitrogen and oxygen atoms in total. The molecule has 7 heteroatoms. The van der Waals surface area contributed by atoms with Crippen LogP contribution in [0.5, 0.6) is 0 Å². The average molecular weight is 333 g/mol. The maximum Gasteiger partial charge on any atom is 0.418 e. The third-order valence-electron chi connectivity index (χ3n) is 3.64. The molecule has 0 radical (unpaired) electrons. The number of aromatic nitrogens is 2. The highest BCUT2D eigenvalue weighted by atomic mass is 19.4. The van der Waals surface area contributed by atoms with Crippen molar-refractivity contribution in [3.63, 3.8) is 0 Å². The molecule has 3 rings (SSSR count). The summed E-state index contributed by atoms with van der Waals surface area (Å²) in [6.07, 6.45) is -2.82. The molecule has 0 aliphatic heterocycles. The number of amides is 1. The largest absolute Gasteiger partial charge is 0.418 e. The predicted octanol–water partition coefficient (Wildman–Crippen LogP) is 4.22. The summed E-state index contributed by atoms with van der Waals surface area (Å²) in [5.41, 5.74) is 0.961. The minimum atomic E-state index is -4.55. The van der Waals surface area contributed by atoms with E-state index in [0.29, 0.717) is 11.3 Å². The summed E-state index contributed by atoms with van der Waals surface area (Å²) >= 11 is 0. The summed E-state index contributed by atoms with van der Waals surface area (Å²) in [6.45, 7) is 3.50. The van der Waals surface area contributed by atoms with Gasteiger partial charge in [0, 0.05) is 6.20 Å². The molecule has 0 saturated heterocycles. The van der Waals surface area contributed by atoms with E-state index in [4.69, 9.17) is 0 Å². The monoisotopic (exact) mass is 333 g/mol. The van der Waals surface area contributed by atoms with Gasteiger partial charge in [-0.15, -0.1) is 0 Å². The molecule has 0 spiro atoms. The van der Waals surface area contributed by atoms with Crippen LogP contribution >= 0.6 is 0 Å².